The fourth-order valence-corrected chi connectivity index (χ4v) is 1.26. The highest BCUT2D eigenvalue weighted by atomic mass is 79.9. The van der Waals surface area contributed by atoms with Crippen molar-refractivity contribution in [1.29, 1.82) is 0 Å². The second-order valence-electron chi connectivity index (χ2n) is 2.57. The van der Waals surface area contributed by atoms with E-state index in [0.717, 1.165) is 16.6 Å². The highest BCUT2D eigenvalue weighted by Crippen LogP contribution is 2.26. The van der Waals surface area contributed by atoms with Gasteiger partial charge in [0.15, 0.2) is 0 Å². The van der Waals surface area contributed by atoms with E-state index in [1.807, 2.05) is 12.1 Å². The van der Waals surface area contributed by atoms with Crippen molar-refractivity contribution in [3.63, 3.8) is 0 Å². The largest absolute Gasteiger partial charge is 0.493 e. The molecule has 0 aliphatic heterocycles. The lowest BCUT2D eigenvalue weighted by molar-refractivity contribution is 0.313. The Kier molecular flexibility index (Phi) is 4.56. The third kappa shape index (κ3) is 3.55. The molecule has 1 aromatic carbocycles. The molecule has 0 aliphatic rings. The average Bonchev–Trinajstić information content (AvgIpc) is 2.12. The first-order valence-corrected chi connectivity index (χ1v) is 5.19. The number of rotatable bonds is 4. The molecule has 72 valence electrons. The molecule has 0 aromatic heterocycles. The Bertz CT molecular complexity index is 280. The second kappa shape index (κ2) is 5.47. The Balaban J connectivity index is 2.53. The van der Waals surface area contributed by atoms with Gasteiger partial charge in [0, 0.05) is 4.47 Å². The van der Waals surface area contributed by atoms with Gasteiger partial charge < -0.3 is 10.5 Å². The van der Waals surface area contributed by atoms with Gasteiger partial charge in [0.05, 0.1) is 11.6 Å². The summed E-state index contributed by atoms with van der Waals surface area (Å²) in [5.41, 5.74) is 5.33. The summed E-state index contributed by atoms with van der Waals surface area (Å²) in [6.45, 7) is 1.28. The van der Waals surface area contributed by atoms with Gasteiger partial charge in [-0.2, -0.15) is 0 Å². The maximum absolute atomic E-state index is 5.88. The summed E-state index contributed by atoms with van der Waals surface area (Å²) in [5.74, 6) is 0.779. The van der Waals surface area contributed by atoms with Crippen LogP contribution in [0.4, 0.5) is 0 Å². The van der Waals surface area contributed by atoms with E-state index in [1.165, 1.54) is 0 Å². The van der Waals surface area contributed by atoms with E-state index in [1.54, 1.807) is 6.07 Å². The molecular weight excluding hydrogens is 253 g/mol. The minimum atomic E-state index is 0.633. The molecule has 2 N–H and O–H groups in total. The van der Waals surface area contributed by atoms with Gasteiger partial charge in [-0.3, -0.25) is 0 Å². The molecule has 1 rings (SSSR count). The number of ether oxygens (including phenoxy) is 1. The monoisotopic (exact) mass is 263 g/mol. The Morgan fingerprint density at radius 1 is 1.46 bits per heavy atom. The third-order valence-corrected chi connectivity index (χ3v) is 2.74. The summed E-state index contributed by atoms with van der Waals surface area (Å²) in [6, 6.07) is 5.51. The minimum Gasteiger partial charge on any atom is -0.493 e. The van der Waals surface area contributed by atoms with Gasteiger partial charge in [0.1, 0.15) is 5.75 Å². The first-order valence-electron chi connectivity index (χ1n) is 4.02. The van der Waals surface area contributed by atoms with E-state index < -0.39 is 0 Å². The molecule has 0 atom stereocenters. The molecule has 0 bridgehead atoms. The van der Waals surface area contributed by atoms with E-state index in [0.29, 0.717) is 18.2 Å². The van der Waals surface area contributed by atoms with Crippen LogP contribution in [0.15, 0.2) is 22.7 Å². The van der Waals surface area contributed by atoms with Crippen molar-refractivity contribution in [2.24, 2.45) is 5.73 Å². The van der Waals surface area contributed by atoms with Crippen molar-refractivity contribution < 1.29 is 4.74 Å². The zero-order valence-corrected chi connectivity index (χ0v) is 9.44. The molecule has 0 spiro atoms. The van der Waals surface area contributed by atoms with Gasteiger partial charge in [-0.1, -0.05) is 11.6 Å². The zero-order chi connectivity index (χ0) is 9.68. The highest BCUT2D eigenvalue weighted by Gasteiger charge is 1.98. The summed E-state index contributed by atoms with van der Waals surface area (Å²) >= 11 is 9.18. The lowest BCUT2D eigenvalue weighted by Crippen LogP contribution is -2.05. The zero-order valence-electron chi connectivity index (χ0n) is 7.09. The molecule has 0 heterocycles. The van der Waals surface area contributed by atoms with Gasteiger partial charge >= 0.3 is 0 Å². The van der Waals surface area contributed by atoms with Crippen molar-refractivity contribution in [2.45, 2.75) is 6.42 Å². The van der Waals surface area contributed by atoms with E-state index >= 15 is 0 Å². The first kappa shape index (κ1) is 10.8. The van der Waals surface area contributed by atoms with Crippen LogP contribution in [0.3, 0.4) is 0 Å². The fourth-order valence-electron chi connectivity index (χ4n) is 0.840. The normalized spacial score (nSPS) is 10.1. The highest BCUT2D eigenvalue weighted by molar-refractivity contribution is 9.10. The van der Waals surface area contributed by atoms with Crippen LogP contribution < -0.4 is 10.5 Å². The maximum Gasteiger partial charge on any atom is 0.120 e. The Hall–Kier alpha value is -0.250. The van der Waals surface area contributed by atoms with Crippen LogP contribution in [0.25, 0.3) is 0 Å². The third-order valence-electron chi connectivity index (χ3n) is 1.51. The molecule has 0 amide bonds. The number of hydrogen-bond donors (Lipinski definition) is 1. The SMILES string of the molecule is NCCCOc1ccc(Br)c(Cl)c1. The quantitative estimate of drug-likeness (QED) is 0.849. The molecule has 0 aliphatic carbocycles. The number of benzene rings is 1. The van der Waals surface area contributed by atoms with Gasteiger partial charge in [0.2, 0.25) is 0 Å². The van der Waals surface area contributed by atoms with E-state index in [9.17, 15) is 0 Å². The second-order valence-corrected chi connectivity index (χ2v) is 3.83. The Morgan fingerprint density at radius 2 is 2.23 bits per heavy atom. The molecule has 0 saturated heterocycles. The van der Waals surface area contributed by atoms with E-state index in [-0.39, 0.29) is 0 Å². The van der Waals surface area contributed by atoms with Gasteiger partial charge in [0.25, 0.3) is 0 Å². The predicted octanol–water partition coefficient (Wildman–Crippen LogP) is 2.83. The van der Waals surface area contributed by atoms with Crippen molar-refractivity contribution in [3.8, 4) is 5.75 Å². The number of nitrogens with two attached hydrogens (primary N) is 1. The molecule has 0 saturated carbocycles. The van der Waals surface area contributed by atoms with Crippen molar-refractivity contribution in [2.75, 3.05) is 13.2 Å². The van der Waals surface area contributed by atoms with Crippen molar-refractivity contribution in [3.05, 3.63) is 27.7 Å². The summed E-state index contributed by atoms with van der Waals surface area (Å²) in [5, 5.41) is 0.658. The molecule has 1 aromatic rings. The molecule has 0 radical (unpaired) electrons. The lowest BCUT2D eigenvalue weighted by atomic mass is 10.3. The summed E-state index contributed by atoms with van der Waals surface area (Å²) in [7, 11) is 0. The lowest BCUT2D eigenvalue weighted by Gasteiger charge is -2.05. The molecule has 4 heteroatoms. The standard InChI is InChI=1S/C9H11BrClNO/c10-8-3-2-7(6-9(8)11)13-5-1-4-12/h2-3,6H,1,4-5,12H2. The minimum absolute atomic E-state index is 0.633. The van der Waals surface area contributed by atoms with Crippen molar-refractivity contribution in [1.82, 2.24) is 0 Å². The molecular formula is C9H11BrClNO. The van der Waals surface area contributed by atoms with Crippen LogP contribution in [0, 0.1) is 0 Å². The van der Waals surface area contributed by atoms with Crippen LogP contribution in [-0.4, -0.2) is 13.2 Å². The van der Waals surface area contributed by atoms with Gasteiger partial charge in [-0.15, -0.1) is 0 Å². The van der Waals surface area contributed by atoms with Crippen LogP contribution in [0.5, 0.6) is 5.75 Å². The Labute approximate surface area is 91.2 Å². The van der Waals surface area contributed by atoms with Crippen molar-refractivity contribution >= 4 is 27.5 Å². The summed E-state index contributed by atoms with van der Waals surface area (Å²) in [4.78, 5) is 0. The average molecular weight is 265 g/mol. The first-order chi connectivity index (χ1) is 6.24. The van der Waals surface area contributed by atoms with E-state index in [4.69, 9.17) is 22.1 Å². The van der Waals surface area contributed by atoms with Crippen LogP contribution in [0.1, 0.15) is 6.42 Å². The Morgan fingerprint density at radius 3 is 2.85 bits per heavy atom. The van der Waals surface area contributed by atoms with Crippen LogP contribution >= 0.6 is 27.5 Å². The predicted molar refractivity (Wildman–Crippen MR) is 58.3 cm³/mol. The molecule has 0 fully saturated rings. The maximum atomic E-state index is 5.88. The molecule has 13 heavy (non-hydrogen) atoms. The smallest absolute Gasteiger partial charge is 0.120 e. The molecule has 2 nitrogen and oxygen atoms in total. The topological polar surface area (TPSA) is 35.2 Å². The van der Waals surface area contributed by atoms with Crippen LogP contribution in [-0.2, 0) is 0 Å². The number of halogens is 2. The van der Waals surface area contributed by atoms with Gasteiger partial charge in [-0.25, -0.2) is 0 Å². The molecule has 0 unspecified atom stereocenters. The van der Waals surface area contributed by atoms with Crippen LogP contribution in [0.2, 0.25) is 5.02 Å². The fraction of sp³-hybridized carbons (Fsp3) is 0.333. The van der Waals surface area contributed by atoms with Gasteiger partial charge in [-0.05, 0) is 47.1 Å². The summed E-state index contributed by atoms with van der Waals surface area (Å²) in [6.07, 6.45) is 0.855. The van der Waals surface area contributed by atoms with E-state index in [2.05, 4.69) is 15.9 Å². The number of hydrogen-bond acceptors (Lipinski definition) is 2. The summed E-state index contributed by atoms with van der Waals surface area (Å²) < 4.78 is 6.27.